The number of nitrogens with zero attached hydrogens (tertiary/aromatic N) is 1. The number of hydrogen-bond donors (Lipinski definition) is 1. The number of aromatic nitrogens is 1. The fourth-order valence-corrected chi connectivity index (χ4v) is 1.72. The van der Waals surface area contributed by atoms with Crippen molar-refractivity contribution in [1.29, 1.82) is 0 Å². The van der Waals surface area contributed by atoms with Crippen LogP contribution in [0.15, 0.2) is 35.1 Å². The Kier molecular flexibility index (Phi) is 3.49. The number of ether oxygens (including phenoxy) is 1. The van der Waals surface area contributed by atoms with Crippen LogP contribution in [0.1, 0.15) is 0 Å². The lowest BCUT2D eigenvalue weighted by atomic mass is 10.3. The number of pyridine rings is 1. The maximum Gasteiger partial charge on any atom is 0.153 e. The van der Waals surface area contributed by atoms with Crippen LogP contribution < -0.4 is 10.5 Å². The van der Waals surface area contributed by atoms with Crippen LogP contribution in [0.5, 0.6) is 11.5 Å². The summed E-state index contributed by atoms with van der Waals surface area (Å²) < 4.78 is 19.4. The molecule has 0 spiro atoms. The zero-order chi connectivity index (χ0) is 12.4. The van der Waals surface area contributed by atoms with Crippen LogP contribution in [0.4, 0.5) is 10.1 Å². The Hall–Kier alpha value is -1.33. The van der Waals surface area contributed by atoms with E-state index in [0.717, 1.165) is 10.5 Å². The highest BCUT2D eigenvalue weighted by Gasteiger charge is 2.08. The monoisotopic (exact) mass is 316 g/mol. The van der Waals surface area contributed by atoms with Crippen molar-refractivity contribution >= 4 is 33.2 Å². The fraction of sp³-hybridized carbons (Fsp3) is 0. The minimum Gasteiger partial charge on any atom is -0.453 e. The highest BCUT2D eigenvalue weighted by Crippen LogP contribution is 2.32. The summed E-state index contributed by atoms with van der Waals surface area (Å²) in [5.74, 6) is 0.0680. The molecule has 6 heteroatoms. The van der Waals surface area contributed by atoms with E-state index in [0.29, 0.717) is 5.75 Å². The van der Waals surface area contributed by atoms with Gasteiger partial charge in [-0.15, -0.1) is 0 Å². The van der Waals surface area contributed by atoms with Crippen LogP contribution in [0.2, 0.25) is 5.02 Å². The lowest BCUT2D eigenvalue weighted by Gasteiger charge is -2.09. The normalized spacial score (nSPS) is 10.3. The molecule has 0 aliphatic carbocycles. The third kappa shape index (κ3) is 2.87. The molecule has 0 radical (unpaired) electrons. The SMILES string of the molecule is Nc1cc(Cl)c(F)cc1Oc1cncc(Br)c1. The molecule has 0 amide bonds. The van der Waals surface area contributed by atoms with Gasteiger partial charge in [0.2, 0.25) is 0 Å². The molecule has 2 rings (SSSR count). The summed E-state index contributed by atoms with van der Waals surface area (Å²) in [5, 5.41) is -0.0396. The lowest BCUT2D eigenvalue weighted by molar-refractivity contribution is 0.476. The number of nitrogen functional groups attached to an aromatic ring is 1. The molecule has 0 unspecified atom stereocenters. The summed E-state index contributed by atoms with van der Waals surface area (Å²) in [6, 6.07) is 4.13. The molecule has 0 bridgehead atoms. The molecule has 2 N–H and O–H groups in total. The molecule has 2 aromatic rings. The molecular weight excluding hydrogens is 310 g/mol. The zero-order valence-corrected chi connectivity index (χ0v) is 10.8. The Bertz CT molecular complexity index is 565. The topological polar surface area (TPSA) is 48.1 Å². The average Bonchev–Trinajstić information content (AvgIpc) is 2.26. The standard InChI is InChI=1S/C11H7BrClFN2O/c12-6-1-7(5-16-4-6)17-11-3-9(14)8(13)2-10(11)15/h1-5H,15H2. The molecular formula is C11H7BrClFN2O. The van der Waals surface area contributed by atoms with Crippen LogP contribution in [0.25, 0.3) is 0 Å². The Morgan fingerprint density at radius 2 is 2.06 bits per heavy atom. The Labute approximate surface area is 110 Å². The van der Waals surface area contributed by atoms with Crippen molar-refractivity contribution in [3.63, 3.8) is 0 Å². The highest BCUT2D eigenvalue weighted by molar-refractivity contribution is 9.10. The van der Waals surface area contributed by atoms with Gasteiger partial charge in [-0.05, 0) is 28.1 Å². The van der Waals surface area contributed by atoms with E-state index in [9.17, 15) is 4.39 Å². The van der Waals surface area contributed by atoms with E-state index < -0.39 is 5.82 Å². The van der Waals surface area contributed by atoms with Crippen LogP contribution in [-0.4, -0.2) is 4.98 Å². The second-order valence-corrected chi connectivity index (χ2v) is 4.57. The molecule has 0 aliphatic rings. The first-order valence-electron chi connectivity index (χ1n) is 4.59. The third-order valence-electron chi connectivity index (χ3n) is 1.96. The summed E-state index contributed by atoms with van der Waals surface area (Å²) in [5.41, 5.74) is 5.93. The average molecular weight is 318 g/mol. The summed E-state index contributed by atoms with van der Waals surface area (Å²) in [6.45, 7) is 0. The van der Waals surface area contributed by atoms with Crippen LogP contribution >= 0.6 is 27.5 Å². The van der Waals surface area contributed by atoms with Gasteiger partial charge in [0.15, 0.2) is 5.75 Å². The first kappa shape index (κ1) is 12.1. The molecule has 1 heterocycles. The van der Waals surface area contributed by atoms with Crippen molar-refractivity contribution in [3.05, 3.63) is 45.9 Å². The van der Waals surface area contributed by atoms with E-state index >= 15 is 0 Å². The van der Waals surface area contributed by atoms with Gasteiger partial charge >= 0.3 is 0 Å². The minimum absolute atomic E-state index is 0.0396. The van der Waals surface area contributed by atoms with E-state index in [1.807, 2.05) is 0 Å². The Balaban J connectivity index is 2.33. The quantitative estimate of drug-likeness (QED) is 0.851. The molecule has 0 saturated heterocycles. The molecule has 88 valence electrons. The molecule has 1 aromatic carbocycles. The number of benzene rings is 1. The largest absolute Gasteiger partial charge is 0.453 e. The molecule has 0 saturated carbocycles. The van der Waals surface area contributed by atoms with E-state index in [-0.39, 0.29) is 16.5 Å². The number of halogens is 3. The lowest BCUT2D eigenvalue weighted by Crippen LogP contribution is -1.94. The number of nitrogens with two attached hydrogens (primary N) is 1. The van der Waals surface area contributed by atoms with Gasteiger partial charge in [0, 0.05) is 16.7 Å². The second-order valence-electron chi connectivity index (χ2n) is 3.25. The zero-order valence-electron chi connectivity index (χ0n) is 8.45. The van der Waals surface area contributed by atoms with E-state index in [4.69, 9.17) is 22.1 Å². The van der Waals surface area contributed by atoms with Gasteiger partial charge < -0.3 is 10.5 Å². The third-order valence-corrected chi connectivity index (χ3v) is 2.68. The van der Waals surface area contributed by atoms with Crippen LogP contribution in [-0.2, 0) is 0 Å². The van der Waals surface area contributed by atoms with Crippen LogP contribution in [0.3, 0.4) is 0 Å². The number of hydrogen-bond acceptors (Lipinski definition) is 3. The van der Waals surface area contributed by atoms with Gasteiger partial charge in [0.1, 0.15) is 11.6 Å². The van der Waals surface area contributed by atoms with Gasteiger partial charge in [-0.25, -0.2) is 4.39 Å². The molecule has 17 heavy (non-hydrogen) atoms. The molecule has 3 nitrogen and oxygen atoms in total. The van der Waals surface area contributed by atoms with Gasteiger partial charge in [-0.1, -0.05) is 11.6 Å². The summed E-state index contributed by atoms with van der Waals surface area (Å²) >= 11 is 8.83. The van der Waals surface area contributed by atoms with Crippen molar-refractivity contribution in [2.45, 2.75) is 0 Å². The highest BCUT2D eigenvalue weighted by atomic mass is 79.9. The molecule has 0 aliphatic heterocycles. The summed E-state index contributed by atoms with van der Waals surface area (Å²) in [7, 11) is 0. The molecule has 1 aromatic heterocycles. The van der Waals surface area contributed by atoms with Crippen molar-refractivity contribution < 1.29 is 9.13 Å². The van der Waals surface area contributed by atoms with E-state index in [1.54, 1.807) is 12.3 Å². The smallest absolute Gasteiger partial charge is 0.153 e. The first-order valence-corrected chi connectivity index (χ1v) is 5.76. The molecule has 0 atom stereocenters. The number of rotatable bonds is 2. The van der Waals surface area contributed by atoms with Crippen molar-refractivity contribution in [1.82, 2.24) is 4.98 Å². The predicted molar refractivity (Wildman–Crippen MR) is 67.8 cm³/mol. The fourth-order valence-electron chi connectivity index (χ4n) is 1.21. The first-order chi connectivity index (χ1) is 8.06. The minimum atomic E-state index is -0.584. The van der Waals surface area contributed by atoms with Gasteiger partial charge in [-0.3, -0.25) is 4.98 Å². The Morgan fingerprint density at radius 1 is 1.29 bits per heavy atom. The maximum absolute atomic E-state index is 13.2. The summed E-state index contributed by atoms with van der Waals surface area (Å²) in [4.78, 5) is 3.92. The maximum atomic E-state index is 13.2. The van der Waals surface area contributed by atoms with E-state index in [2.05, 4.69) is 20.9 Å². The second kappa shape index (κ2) is 4.89. The van der Waals surface area contributed by atoms with E-state index in [1.165, 1.54) is 12.3 Å². The Morgan fingerprint density at radius 3 is 2.76 bits per heavy atom. The van der Waals surface area contributed by atoms with Crippen molar-refractivity contribution in [2.24, 2.45) is 0 Å². The van der Waals surface area contributed by atoms with Crippen molar-refractivity contribution in [2.75, 3.05) is 5.73 Å². The van der Waals surface area contributed by atoms with Crippen molar-refractivity contribution in [3.8, 4) is 11.5 Å². The van der Waals surface area contributed by atoms with Gasteiger partial charge in [-0.2, -0.15) is 0 Å². The van der Waals surface area contributed by atoms with Gasteiger partial charge in [0.05, 0.1) is 16.9 Å². The number of anilines is 1. The summed E-state index contributed by atoms with van der Waals surface area (Å²) in [6.07, 6.45) is 3.11. The predicted octanol–water partition coefficient (Wildman–Crippen LogP) is 4.01. The molecule has 0 fully saturated rings. The van der Waals surface area contributed by atoms with Crippen LogP contribution in [0, 0.1) is 5.82 Å². The van der Waals surface area contributed by atoms with Gasteiger partial charge in [0.25, 0.3) is 0 Å².